The number of rotatable bonds is 4. The number of pyridine rings is 2. The van der Waals surface area contributed by atoms with Crippen molar-refractivity contribution in [1.29, 1.82) is 0 Å². The summed E-state index contributed by atoms with van der Waals surface area (Å²) in [5, 5.41) is -0.899. The van der Waals surface area contributed by atoms with E-state index < -0.39 is 67.1 Å². The number of sulfone groups is 1. The molecule has 0 aliphatic rings. The van der Waals surface area contributed by atoms with Gasteiger partial charge in [-0.25, -0.2) is 27.3 Å². The van der Waals surface area contributed by atoms with Gasteiger partial charge < -0.3 is 0 Å². The molecule has 33 heavy (non-hydrogen) atoms. The molecule has 4 aromatic rings. The lowest BCUT2D eigenvalue weighted by molar-refractivity contribution is -0.142. The number of halogens is 6. The van der Waals surface area contributed by atoms with Gasteiger partial charge in [0.05, 0.1) is 17.7 Å². The van der Waals surface area contributed by atoms with Crippen LogP contribution in [0.2, 0.25) is 0 Å². The van der Waals surface area contributed by atoms with E-state index in [0.29, 0.717) is 20.1 Å². The molecule has 0 aromatic carbocycles. The summed E-state index contributed by atoms with van der Waals surface area (Å²) in [6, 6.07) is 5.66. The monoisotopic (exact) mass is 509 g/mol. The molecule has 4 aromatic heterocycles. The number of hydrogen-bond acceptors (Lipinski definition) is 6. The third kappa shape index (κ3) is 4.14. The van der Waals surface area contributed by atoms with E-state index >= 15 is 0 Å². The fourth-order valence-corrected chi connectivity index (χ4v) is 5.04. The maximum atomic E-state index is 13.7. The van der Waals surface area contributed by atoms with Crippen LogP contribution in [-0.2, 0) is 16.0 Å². The zero-order chi connectivity index (χ0) is 24.3. The van der Waals surface area contributed by atoms with Crippen LogP contribution in [0.25, 0.3) is 28.3 Å². The minimum absolute atomic E-state index is 0.0136. The number of imidazole rings is 2. The molecule has 0 radical (unpaired) electrons. The Morgan fingerprint density at radius 3 is 2.30 bits per heavy atom. The van der Waals surface area contributed by atoms with Crippen LogP contribution in [0.4, 0.5) is 26.3 Å². The molecule has 176 valence electrons. The maximum Gasteiger partial charge on any atom is 0.462 e. The highest BCUT2D eigenvalue weighted by molar-refractivity contribution is 7.98. The molecule has 0 aliphatic carbocycles. The van der Waals surface area contributed by atoms with Gasteiger partial charge in [-0.2, -0.15) is 26.3 Å². The first kappa shape index (κ1) is 23.4. The van der Waals surface area contributed by atoms with Crippen molar-refractivity contribution in [3.05, 3.63) is 41.7 Å². The summed E-state index contributed by atoms with van der Waals surface area (Å²) in [4.78, 5) is 12.1. The summed E-state index contributed by atoms with van der Waals surface area (Å²) >= 11 is -0.661. The Labute approximate surface area is 186 Å². The molecule has 0 aliphatic heterocycles. The standard InChI is InChI=1S/C18H13F6N5O2S2/c1-3-33(30,31)16-13(27-12-6-4-5-11(28(12)16)17(19,20)21)15-26-10-8-7-9(2)25-14(10)29(15)32-18(22,23)24/h4-8H,3H2,1-2H3. The second kappa shape index (κ2) is 7.62. The summed E-state index contributed by atoms with van der Waals surface area (Å²) < 4.78 is 108. The Morgan fingerprint density at radius 2 is 1.70 bits per heavy atom. The van der Waals surface area contributed by atoms with E-state index in [1.165, 1.54) is 26.0 Å². The Bertz CT molecular complexity index is 1490. The molecule has 0 N–H and O–H groups in total. The number of nitrogens with zero attached hydrogens (tertiary/aromatic N) is 5. The highest BCUT2D eigenvalue weighted by Gasteiger charge is 2.39. The van der Waals surface area contributed by atoms with Crippen LogP contribution in [0.5, 0.6) is 0 Å². The summed E-state index contributed by atoms with van der Waals surface area (Å²) in [5.74, 6) is -1.21. The third-order valence-corrected chi connectivity index (χ3v) is 7.04. The van der Waals surface area contributed by atoms with E-state index in [1.807, 2.05) is 0 Å². The molecule has 0 fully saturated rings. The molecule has 4 rings (SSSR count). The van der Waals surface area contributed by atoms with Gasteiger partial charge in [0.2, 0.25) is 0 Å². The van der Waals surface area contributed by atoms with Gasteiger partial charge in [0.1, 0.15) is 22.6 Å². The largest absolute Gasteiger partial charge is 0.462 e. The number of alkyl halides is 6. The van der Waals surface area contributed by atoms with Gasteiger partial charge in [0.25, 0.3) is 0 Å². The fraction of sp³-hybridized carbons (Fsp3) is 0.278. The smallest absolute Gasteiger partial charge is 0.278 e. The van der Waals surface area contributed by atoms with Crippen molar-refractivity contribution in [1.82, 2.24) is 23.3 Å². The number of aromatic nitrogens is 5. The van der Waals surface area contributed by atoms with Crippen LogP contribution in [-0.4, -0.2) is 43.0 Å². The average molecular weight is 509 g/mol. The molecule has 0 unspecified atom stereocenters. The minimum atomic E-state index is -4.96. The molecule has 0 spiro atoms. The Kier molecular flexibility index (Phi) is 5.39. The Hall–Kier alpha value is -2.81. The molecule has 0 atom stereocenters. The van der Waals surface area contributed by atoms with Crippen molar-refractivity contribution in [3.8, 4) is 11.5 Å². The minimum Gasteiger partial charge on any atom is -0.278 e. The summed E-state index contributed by atoms with van der Waals surface area (Å²) in [6.07, 6.45) is -4.96. The number of aryl methyl sites for hydroxylation is 1. The normalized spacial score (nSPS) is 13.3. The van der Waals surface area contributed by atoms with Gasteiger partial charge in [-0.1, -0.05) is 13.0 Å². The lowest BCUT2D eigenvalue weighted by Crippen LogP contribution is -2.16. The van der Waals surface area contributed by atoms with Gasteiger partial charge in [-0.3, -0.25) is 4.40 Å². The predicted octanol–water partition coefficient (Wildman–Crippen LogP) is 4.88. The van der Waals surface area contributed by atoms with E-state index in [1.54, 1.807) is 0 Å². The molecule has 15 heteroatoms. The number of fused-ring (bicyclic) bond motifs is 2. The summed E-state index contributed by atoms with van der Waals surface area (Å²) in [6.45, 7) is 2.73. The first-order valence-corrected chi connectivity index (χ1v) is 11.6. The SMILES string of the molecule is CCS(=O)(=O)c1c(-c2nc3ccc(C)nc3n2SC(F)(F)F)nc2cccc(C(F)(F)F)n12. The molecular formula is C18H13F6N5O2S2. The van der Waals surface area contributed by atoms with Crippen molar-refractivity contribution < 1.29 is 34.8 Å². The zero-order valence-corrected chi connectivity index (χ0v) is 18.4. The third-order valence-electron chi connectivity index (χ3n) is 4.58. The van der Waals surface area contributed by atoms with Crippen molar-refractivity contribution in [2.45, 2.75) is 30.6 Å². The predicted molar refractivity (Wildman–Crippen MR) is 108 cm³/mol. The van der Waals surface area contributed by atoms with E-state index in [9.17, 15) is 34.8 Å². The van der Waals surface area contributed by atoms with Crippen LogP contribution in [0.3, 0.4) is 0 Å². The van der Waals surface area contributed by atoms with Gasteiger partial charge in [-0.05, 0) is 31.2 Å². The first-order chi connectivity index (χ1) is 15.2. The van der Waals surface area contributed by atoms with E-state index in [2.05, 4.69) is 15.0 Å². The lowest BCUT2D eigenvalue weighted by atomic mass is 10.3. The summed E-state index contributed by atoms with van der Waals surface area (Å²) in [7, 11) is -4.41. The van der Waals surface area contributed by atoms with Gasteiger partial charge in [0, 0.05) is 5.69 Å². The van der Waals surface area contributed by atoms with E-state index in [0.717, 1.165) is 12.1 Å². The van der Waals surface area contributed by atoms with Crippen LogP contribution in [0.1, 0.15) is 18.3 Å². The van der Waals surface area contributed by atoms with Gasteiger partial charge >= 0.3 is 11.7 Å². The topological polar surface area (TPSA) is 82.1 Å². The molecule has 0 saturated carbocycles. The Balaban J connectivity index is 2.18. The molecule has 0 saturated heterocycles. The quantitative estimate of drug-likeness (QED) is 0.365. The number of hydrogen-bond donors (Lipinski definition) is 0. The van der Waals surface area contributed by atoms with E-state index in [-0.39, 0.29) is 11.2 Å². The van der Waals surface area contributed by atoms with Crippen LogP contribution in [0.15, 0.2) is 35.4 Å². The van der Waals surface area contributed by atoms with Gasteiger partial charge in [0.15, 0.2) is 26.3 Å². The van der Waals surface area contributed by atoms with Crippen LogP contribution < -0.4 is 0 Å². The molecular weight excluding hydrogens is 496 g/mol. The highest BCUT2D eigenvalue weighted by Crippen LogP contribution is 2.40. The molecule has 0 amide bonds. The molecule has 4 heterocycles. The van der Waals surface area contributed by atoms with Crippen molar-refractivity contribution in [2.75, 3.05) is 5.75 Å². The fourth-order valence-electron chi connectivity index (χ4n) is 3.23. The van der Waals surface area contributed by atoms with Crippen LogP contribution >= 0.6 is 11.9 Å². The second-order valence-corrected chi connectivity index (χ2v) is 10.0. The molecule has 7 nitrogen and oxygen atoms in total. The first-order valence-electron chi connectivity index (χ1n) is 9.17. The highest BCUT2D eigenvalue weighted by atomic mass is 32.2. The average Bonchev–Trinajstić information content (AvgIpc) is 3.24. The van der Waals surface area contributed by atoms with Crippen LogP contribution in [0, 0.1) is 6.92 Å². The van der Waals surface area contributed by atoms with E-state index in [4.69, 9.17) is 0 Å². The maximum absolute atomic E-state index is 13.7. The van der Waals surface area contributed by atoms with Crippen molar-refractivity contribution in [2.24, 2.45) is 0 Å². The van der Waals surface area contributed by atoms with Crippen molar-refractivity contribution in [3.63, 3.8) is 0 Å². The molecule has 0 bridgehead atoms. The van der Waals surface area contributed by atoms with Crippen molar-refractivity contribution >= 4 is 38.6 Å². The van der Waals surface area contributed by atoms with Gasteiger partial charge in [-0.15, -0.1) is 0 Å². The second-order valence-electron chi connectivity index (χ2n) is 6.83. The zero-order valence-electron chi connectivity index (χ0n) is 16.7. The lowest BCUT2D eigenvalue weighted by Gasteiger charge is -2.13. The summed E-state index contributed by atoms with van der Waals surface area (Å²) in [5.41, 5.74) is -7.12. The Morgan fingerprint density at radius 1 is 1.00 bits per heavy atom.